The Balaban J connectivity index is 1.96. The lowest BCUT2D eigenvalue weighted by Crippen LogP contribution is -2.07. The lowest BCUT2D eigenvalue weighted by atomic mass is 10.0. The lowest BCUT2D eigenvalue weighted by molar-refractivity contribution is 0.416. The fourth-order valence-corrected chi connectivity index (χ4v) is 4.31. The second-order valence-corrected chi connectivity index (χ2v) is 8.23. The molecular weight excluding hydrogens is 449 g/mol. The number of halogens is 3. The summed E-state index contributed by atoms with van der Waals surface area (Å²) in [5.74, 6) is 1.78. The summed E-state index contributed by atoms with van der Waals surface area (Å²) in [6, 6.07) is 11.4. The zero-order valence-corrected chi connectivity index (χ0v) is 17.8. The first kappa shape index (κ1) is 18.7. The Morgan fingerprint density at radius 3 is 2.63 bits per heavy atom. The minimum absolute atomic E-state index is 0.581. The van der Waals surface area contributed by atoms with E-state index in [1.54, 1.807) is 13.2 Å². The number of aromatic nitrogens is 2. The Morgan fingerprint density at radius 1 is 1.11 bits per heavy atom. The van der Waals surface area contributed by atoms with Gasteiger partial charge >= 0.3 is 0 Å². The standard InChI is InChI=1S/C20H18BrCl2N3O/c1-27-18-6-5-12(21)8-17(18)19-16-4-2-3-7-24-20(16)26(25-19)15-10-13(22)9-14(23)11-15/h5-6,8-11,24H,2-4,7H2,1H3. The van der Waals surface area contributed by atoms with Gasteiger partial charge in [0.25, 0.3) is 0 Å². The van der Waals surface area contributed by atoms with E-state index in [1.165, 1.54) is 5.56 Å². The van der Waals surface area contributed by atoms with Crippen molar-refractivity contribution in [1.82, 2.24) is 9.78 Å². The molecular formula is C20H18BrCl2N3O. The first-order chi connectivity index (χ1) is 13.1. The molecule has 0 bridgehead atoms. The molecule has 1 aliphatic rings. The van der Waals surface area contributed by atoms with Crippen molar-refractivity contribution in [3.63, 3.8) is 0 Å². The summed E-state index contributed by atoms with van der Waals surface area (Å²) in [6.07, 6.45) is 3.16. The van der Waals surface area contributed by atoms with Crippen molar-refractivity contribution in [3.8, 4) is 22.7 Å². The molecule has 1 aromatic heterocycles. The quantitative estimate of drug-likeness (QED) is 0.487. The van der Waals surface area contributed by atoms with Crippen LogP contribution < -0.4 is 10.1 Å². The zero-order valence-electron chi connectivity index (χ0n) is 14.7. The van der Waals surface area contributed by atoms with Gasteiger partial charge in [-0.15, -0.1) is 0 Å². The highest BCUT2D eigenvalue weighted by molar-refractivity contribution is 9.10. The summed E-state index contributed by atoms with van der Waals surface area (Å²) in [6.45, 7) is 0.905. The van der Waals surface area contributed by atoms with E-state index in [1.807, 2.05) is 35.0 Å². The van der Waals surface area contributed by atoms with Gasteiger partial charge in [-0.1, -0.05) is 39.1 Å². The van der Waals surface area contributed by atoms with Crippen LogP contribution in [0.2, 0.25) is 10.0 Å². The third-order valence-electron chi connectivity index (χ3n) is 4.64. The number of anilines is 1. The van der Waals surface area contributed by atoms with E-state index in [9.17, 15) is 0 Å². The molecule has 0 aliphatic carbocycles. The van der Waals surface area contributed by atoms with Crippen LogP contribution in [-0.4, -0.2) is 23.4 Å². The number of hydrogen-bond acceptors (Lipinski definition) is 3. The highest BCUT2D eigenvalue weighted by atomic mass is 79.9. The van der Waals surface area contributed by atoms with Crippen LogP contribution in [-0.2, 0) is 6.42 Å². The lowest BCUT2D eigenvalue weighted by Gasteiger charge is -2.10. The van der Waals surface area contributed by atoms with Crippen LogP contribution in [0, 0.1) is 0 Å². The number of ether oxygens (including phenoxy) is 1. The van der Waals surface area contributed by atoms with E-state index in [4.69, 9.17) is 33.0 Å². The van der Waals surface area contributed by atoms with E-state index in [0.29, 0.717) is 10.0 Å². The molecule has 7 heteroatoms. The van der Waals surface area contributed by atoms with Crippen molar-refractivity contribution in [2.24, 2.45) is 0 Å². The maximum atomic E-state index is 6.24. The molecule has 1 aliphatic heterocycles. The molecule has 4 nitrogen and oxygen atoms in total. The molecule has 1 N–H and O–H groups in total. The Hall–Kier alpha value is -1.69. The third-order valence-corrected chi connectivity index (χ3v) is 5.57. The molecule has 140 valence electrons. The number of hydrogen-bond donors (Lipinski definition) is 1. The summed E-state index contributed by atoms with van der Waals surface area (Å²) in [7, 11) is 1.68. The van der Waals surface area contributed by atoms with Crippen LogP contribution in [0.3, 0.4) is 0 Å². The third kappa shape index (κ3) is 3.68. The largest absolute Gasteiger partial charge is 0.496 e. The summed E-state index contributed by atoms with van der Waals surface area (Å²) in [5.41, 5.74) is 3.88. The number of nitrogens with one attached hydrogen (secondary N) is 1. The van der Waals surface area contributed by atoms with Gasteiger partial charge in [-0.3, -0.25) is 0 Å². The number of methoxy groups -OCH3 is 1. The highest BCUT2D eigenvalue weighted by Crippen LogP contribution is 2.39. The molecule has 2 aromatic carbocycles. The van der Waals surface area contributed by atoms with E-state index in [-0.39, 0.29) is 0 Å². The van der Waals surface area contributed by atoms with Gasteiger partial charge in [-0.2, -0.15) is 5.10 Å². The normalized spacial score (nSPS) is 13.6. The highest BCUT2D eigenvalue weighted by Gasteiger charge is 2.24. The van der Waals surface area contributed by atoms with Crippen molar-refractivity contribution in [2.75, 3.05) is 19.0 Å². The van der Waals surface area contributed by atoms with E-state index in [2.05, 4.69) is 21.2 Å². The molecule has 27 heavy (non-hydrogen) atoms. The van der Waals surface area contributed by atoms with Gasteiger partial charge in [0.15, 0.2) is 0 Å². The van der Waals surface area contributed by atoms with Gasteiger partial charge < -0.3 is 10.1 Å². The molecule has 0 amide bonds. The first-order valence-electron chi connectivity index (χ1n) is 8.73. The maximum Gasteiger partial charge on any atom is 0.133 e. The molecule has 4 rings (SSSR count). The van der Waals surface area contributed by atoms with Crippen molar-refractivity contribution >= 4 is 44.9 Å². The Kier molecular flexibility index (Phi) is 5.35. The van der Waals surface area contributed by atoms with Crippen LogP contribution in [0.1, 0.15) is 18.4 Å². The van der Waals surface area contributed by atoms with Gasteiger partial charge in [0.05, 0.1) is 12.8 Å². The topological polar surface area (TPSA) is 39.1 Å². The van der Waals surface area contributed by atoms with Crippen LogP contribution in [0.4, 0.5) is 5.82 Å². The van der Waals surface area contributed by atoms with Gasteiger partial charge in [-0.25, -0.2) is 4.68 Å². The smallest absolute Gasteiger partial charge is 0.133 e. The molecule has 2 heterocycles. The van der Waals surface area contributed by atoms with Gasteiger partial charge in [0, 0.05) is 32.2 Å². The predicted octanol–water partition coefficient (Wildman–Crippen LogP) is 6.37. The minimum Gasteiger partial charge on any atom is -0.496 e. The second-order valence-electron chi connectivity index (χ2n) is 6.44. The van der Waals surface area contributed by atoms with Crippen LogP contribution in [0.15, 0.2) is 40.9 Å². The number of fused-ring (bicyclic) bond motifs is 1. The van der Waals surface area contributed by atoms with E-state index < -0.39 is 0 Å². The van der Waals surface area contributed by atoms with Crippen molar-refractivity contribution < 1.29 is 4.74 Å². The molecule has 0 saturated carbocycles. The zero-order chi connectivity index (χ0) is 19.0. The maximum absolute atomic E-state index is 6.24. The average Bonchev–Trinajstić information content (AvgIpc) is 2.82. The molecule has 0 spiro atoms. The van der Waals surface area contributed by atoms with E-state index in [0.717, 1.165) is 58.8 Å². The summed E-state index contributed by atoms with van der Waals surface area (Å²) >= 11 is 16.0. The number of nitrogens with zero attached hydrogens (tertiary/aromatic N) is 2. The molecule has 0 fully saturated rings. The van der Waals surface area contributed by atoms with Gasteiger partial charge in [0.2, 0.25) is 0 Å². The molecule has 0 atom stereocenters. The van der Waals surface area contributed by atoms with Gasteiger partial charge in [0.1, 0.15) is 17.3 Å². The Labute approximate surface area is 176 Å². The molecule has 0 saturated heterocycles. The average molecular weight is 467 g/mol. The predicted molar refractivity (Wildman–Crippen MR) is 115 cm³/mol. The Morgan fingerprint density at radius 2 is 1.89 bits per heavy atom. The van der Waals surface area contributed by atoms with Gasteiger partial charge in [-0.05, 0) is 55.7 Å². The summed E-state index contributed by atoms with van der Waals surface area (Å²) in [5, 5.41) is 9.64. The number of benzene rings is 2. The Bertz CT molecular complexity index is 983. The van der Waals surface area contributed by atoms with Crippen molar-refractivity contribution in [1.29, 1.82) is 0 Å². The fourth-order valence-electron chi connectivity index (χ4n) is 3.43. The molecule has 0 radical (unpaired) electrons. The van der Waals surface area contributed by atoms with Crippen LogP contribution in [0.25, 0.3) is 16.9 Å². The first-order valence-corrected chi connectivity index (χ1v) is 10.3. The SMILES string of the molecule is COc1ccc(Br)cc1-c1nn(-c2cc(Cl)cc(Cl)c2)c2c1CCCCN2. The van der Waals surface area contributed by atoms with Crippen molar-refractivity contribution in [2.45, 2.75) is 19.3 Å². The van der Waals surface area contributed by atoms with Crippen LogP contribution in [0.5, 0.6) is 5.75 Å². The molecule has 0 unspecified atom stereocenters. The van der Waals surface area contributed by atoms with Crippen molar-refractivity contribution in [3.05, 3.63) is 56.5 Å². The summed E-state index contributed by atoms with van der Waals surface area (Å²) < 4.78 is 8.47. The fraction of sp³-hybridized carbons (Fsp3) is 0.250. The van der Waals surface area contributed by atoms with E-state index >= 15 is 0 Å². The summed E-state index contributed by atoms with van der Waals surface area (Å²) in [4.78, 5) is 0. The minimum atomic E-state index is 0.581. The van der Waals surface area contributed by atoms with Crippen LogP contribution >= 0.6 is 39.1 Å². The second kappa shape index (κ2) is 7.74. The number of rotatable bonds is 3. The molecule has 3 aromatic rings. The monoisotopic (exact) mass is 465 g/mol.